The van der Waals surface area contributed by atoms with Gasteiger partial charge in [-0.3, -0.25) is 0 Å². The minimum Gasteiger partial charge on any atom is -0.394 e. The monoisotopic (exact) mass is 232 g/mol. The van der Waals surface area contributed by atoms with Crippen molar-refractivity contribution in [1.29, 1.82) is 5.26 Å². The SMILES string of the molecule is Cl.N#Cc1ccc([C@@H](N)CO)cc1Cl. The highest BCUT2D eigenvalue weighted by Crippen LogP contribution is 2.19. The number of nitriles is 1. The molecule has 0 spiro atoms. The van der Waals surface area contributed by atoms with E-state index in [4.69, 9.17) is 27.7 Å². The maximum Gasteiger partial charge on any atom is 0.101 e. The van der Waals surface area contributed by atoms with Crippen LogP contribution in [0.3, 0.4) is 0 Å². The molecule has 1 aromatic carbocycles. The van der Waals surface area contributed by atoms with Crippen LogP contribution in [0.5, 0.6) is 0 Å². The standard InChI is InChI=1S/C9H9ClN2O.ClH/c10-8-3-6(9(12)5-13)1-2-7(8)4-11;/h1-3,9,13H,5,12H2;1H/t9-;/m0./s1. The van der Waals surface area contributed by atoms with E-state index in [0.29, 0.717) is 10.6 Å². The van der Waals surface area contributed by atoms with Crippen LogP contribution in [-0.4, -0.2) is 11.7 Å². The third kappa shape index (κ3) is 2.86. The summed E-state index contributed by atoms with van der Waals surface area (Å²) < 4.78 is 0. The molecule has 5 heteroatoms. The second kappa shape index (κ2) is 5.84. The van der Waals surface area contributed by atoms with Gasteiger partial charge in [0.25, 0.3) is 0 Å². The Balaban J connectivity index is 0.00000169. The molecule has 14 heavy (non-hydrogen) atoms. The highest BCUT2D eigenvalue weighted by molar-refractivity contribution is 6.31. The number of hydrogen-bond acceptors (Lipinski definition) is 3. The van der Waals surface area contributed by atoms with Gasteiger partial charge in [0, 0.05) is 0 Å². The Hall–Kier alpha value is -0.790. The summed E-state index contributed by atoms with van der Waals surface area (Å²) in [6, 6.07) is 6.38. The van der Waals surface area contributed by atoms with E-state index < -0.39 is 6.04 Å². The molecule has 0 fully saturated rings. The van der Waals surface area contributed by atoms with Crippen molar-refractivity contribution < 1.29 is 5.11 Å². The van der Waals surface area contributed by atoms with Crippen LogP contribution in [0, 0.1) is 11.3 Å². The molecule has 0 aliphatic heterocycles. The van der Waals surface area contributed by atoms with E-state index in [0.717, 1.165) is 5.56 Å². The maximum absolute atomic E-state index is 8.77. The Morgan fingerprint density at radius 2 is 2.21 bits per heavy atom. The Morgan fingerprint density at radius 3 is 2.64 bits per heavy atom. The molecule has 0 radical (unpaired) electrons. The molecule has 0 bridgehead atoms. The largest absolute Gasteiger partial charge is 0.394 e. The molecule has 0 saturated carbocycles. The average molecular weight is 233 g/mol. The fraction of sp³-hybridized carbons (Fsp3) is 0.222. The first-order valence-corrected chi connectivity index (χ1v) is 4.13. The predicted octanol–water partition coefficient (Wildman–Crippen LogP) is 1.63. The van der Waals surface area contributed by atoms with Crippen LogP contribution in [0.4, 0.5) is 0 Å². The summed E-state index contributed by atoms with van der Waals surface area (Å²) in [6.07, 6.45) is 0. The average Bonchev–Trinajstić information content (AvgIpc) is 2.16. The fourth-order valence-corrected chi connectivity index (χ4v) is 1.19. The lowest BCUT2D eigenvalue weighted by molar-refractivity contribution is 0.268. The minimum absolute atomic E-state index is 0. The third-order valence-electron chi connectivity index (χ3n) is 1.74. The van der Waals surface area contributed by atoms with Crippen molar-refractivity contribution in [3.8, 4) is 6.07 Å². The number of benzene rings is 1. The van der Waals surface area contributed by atoms with Crippen LogP contribution in [0.15, 0.2) is 18.2 Å². The Bertz CT molecular complexity index is 349. The van der Waals surface area contributed by atoms with Gasteiger partial charge in [-0.15, -0.1) is 12.4 Å². The second-order valence-electron chi connectivity index (χ2n) is 2.64. The normalized spacial score (nSPS) is 11.3. The first kappa shape index (κ1) is 13.2. The molecule has 1 aromatic rings. The third-order valence-corrected chi connectivity index (χ3v) is 2.05. The lowest BCUT2D eigenvalue weighted by Crippen LogP contribution is -2.14. The lowest BCUT2D eigenvalue weighted by atomic mass is 10.1. The van der Waals surface area contributed by atoms with E-state index in [2.05, 4.69) is 0 Å². The van der Waals surface area contributed by atoms with Crippen molar-refractivity contribution in [3.63, 3.8) is 0 Å². The number of nitrogens with zero attached hydrogens (tertiary/aromatic N) is 1. The Kier molecular flexibility index (Phi) is 5.51. The van der Waals surface area contributed by atoms with Crippen LogP contribution in [-0.2, 0) is 0 Å². The van der Waals surface area contributed by atoms with Gasteiger partial charge in [-0.2, -0.15) is 5.26 Å². The smallest absolute Gasteiger partial charge is 0.101 e. The second-order valence-corrected chi connectivity index (χ2v) is 3.05. The molecule has 0 amide bonds. The molecule has 1 atom stereocenters. The summed E-state index contributed by atoms with van der Waals surface area (Å²) in [4.78, 5) is 0. The molecule has 0 aliphatic carbocycles. The zero-order valence-electron chi connectivity index (χ0n) is 7.27. The first-order valence-electron chi connectivity index (χ1n) is 3.75. The topological polar surface area (TPSA) is 70.0 Å². The number of rotatable bonds is 2. The van der Waals surface area contributed by atoms with Crippen molar-refractivity contribution in [1.82, 2.24) is 0 Å². The number of halogens is 2. The summed E-state index contributed by atoms with van der Waals surface area (Å²) in [5.41, 5.74) is 6.70. The van der Waals surface area contributed by atoms with Gasteiger partial charge < -0.3 is 10.8 Å². The molecule has 3 N–H and O–H groups in total. The molecule has 0 aromatic heterocycles. The van der Waals surface area contributed by atoms with E-state index in [9.17, 15) is 0 Å². The molecule has 1 rings (SSSR count). The predicted molar refractivity (Wildman–Crippen MR) is 57.4 cm³/mol. The fourth-order valence-electron chi connectivity index (χ4n) is 0.958. The Morgan fingerprint density at radius 1 is 1.57 bits per heavy atom. The molecule has 0 saturated heterocycles. The zero-order chi connectivity index (χ0) is 9.84. The van der Waals surface area contributed by atoms with Gasteiger partial charge >= 0.3 is 0 Å². The van der Waals surface area contributed by atoms with Gasteiger partial charge in [0.1, 0.15) is 6.07 Å². The van der Waals surface area contributed by atoms with Gasteiger partial charge in [0.2, 0.25) is 0 Å². The van der Waals surface area contributed by atoms with E-state index in [1.165, 1.54) is 0 Å². The molecule has 76 valence electrons. The first-order chi connectivity index (χ1) is 6.19. The van der Waals surface area contributed by atoms with E-state index >= 15 is 0 Å². The Labute approximate surface area is 93.5 Å². The van der Waals surface area contributed by atoms with Gasteiger partial charge in [0.05, 0.1) is 23.2 Å². The lowest BCUT2D eigenvalue weighted by Gasteiger charge is -2.08. The van der Waals surface area contributed by atoms with Crippen LogP contribution in [0.1, 0.15) is 17.2 Å². The van der Waals surface area contributed by atoms with Gasteiger partial charge in [0.15, 0.2) is 0 Å². The molecule has 3 nitrogen and oxygen atoms in total. The summed E-state index contributed by atoms with van der Waals surface area (Å²) in [7, 11) is 0. The van der Waals surface area contributed by atoms with E-state index in [1.807, 2.05) is 6.07 Å². The highest BCUT2D eigenvalue weighted by Gasteiger charge is 2.06. The summed E-state index contributed by atoms with van der Waals surface area (Å²) >= 11 is 5.77. The van der Waals surface area contributed by atoms with Crippen LogP contribution in [0.25, 0.3) is 0 Å². The van der Waals surface area contributed by atoms with Crippen molar-refractivity contribution in [2.24, 2.45) is 5.73 Å². The van der Waals surface area contributed by atoms with Crippen LogP contribution < -0.4 is 5.73 Å². The van der Waals surface area contributed by atoms with E-state index in [-0.39, 0.29) is 19.0 Å². The molecular weight excluding hydrogens is 223 g/mol. The molecule has 0 unspecified atom stereocenters. The number of hydrogen-bond donors (Lipinski definition) is 2. The summed E-state index contributed by atoms with van der Waals surface area (Å²) in [5, 5.41) is 17.7. The van der Waals surface area contributed by atoms with Crippen molar-refractivity contribution in [3.05, 3.63) is 34.3 Å². The van der Waals surface area contributed by atoms with Crippen LogP contribution >= 0.6 is 24.0 Å². The van der Waals surface area contributed by atoms with Crippen molar-refractivity contribution in [2.45, 2.75) is 6.04 Å². The molecule has 0 heterocycles. The van der Waals surface area contributed by atoms with Gasteiger partial charge in [-0.1, -0.05) is 17.7 Å². The molecule has 0 aliphatic rings. The van der Waals surface area contributed by atoms with Crippen LogP contribution in [0.2, 0.25) is 5.02 Å². The maximum atomic E-state index is 8.77. The number of aliphatic hydroxyl groups is 1. The quantitative estimate of drug-likeness (QED) is 0.815. The number of nitrogens with two attached hydrogens (primary N) is 1. The van der Waals surface area contributed by atoms with Gasteiger partial charge in [-0.25, -0.2) is 0 Å². The zero-order valence-corrected chi connectivity index (χ0v) is 8.85. The number of aliphatic hydroxyl groups excluding tert-OH is 1. The minimum atomic E-state index is -0.440. The van der Waals surface area contributed by atoms with Crippen molar-refractivity contribution >= 4 is 24.0 Å². The summed E-state index contributed by atoms with van der Waals surface area (Å²) in [5.74, 6) is 0. The highest BCUT2D eigenvalue weighted by atomic mass is 35.5. The van der Waals surface area contributed by atoms with Gasteiger partial charge in [-0.05, 0) is 17.7 Å². The molecular formula is C9H10Cl2N2O. The van der Waals surface area contributed by atoms with Crippen molar-refractivity contribution in [2.75, 3.05) is 6.61 Å². The van der Waals surface area contributed by atoms with E-state index in [1.54, 1.807) is 18.2 Å². The summed E-state index contributed by atoms with van der Waals surface area (Å²) in [6.45, 7) is -0.137.